The second-order valence-electron chi connectivity index (χ2n) is 4.66. The number of hydrogen-bond acceptors (Lipinski definition) is 4. The summed E-state index contributed by atoms with van der Waals surface area (Å²) in [5.41, 5.74) is -1.19. The van der Waals surface area contributed by atoms with E-state index in [9.17, 15) is 14.7 Å². The third kappa shape index (κ3) is 1.07. The number of aliphatic hydroxyl groups excluding tert-OH is 1. The molecule has 0 saturated carbocycles. The zero-order chi connectivity index (χ0) is 11.4. The molecule has 0 spiro atoms. The van der Waals surface area contributed by atoms with Crippen LogP contribution in [0.4, 0.5) is 0 Å². The van der Waals surface area contributed by atoms with E-state index in [1.165, 1.54) is 0 Å². The first-order valence-electron chi connectivity index (χ1n) is 5.12. The molecule has 0 aromatic carbocycles. The third-order valence-electron chi connectivity index (χ3n) is 3.32. The summed E-state index contributed by atoms with van der Waals surface area (Å²) in [5.74, 6) is -1.24. The summed E-state index contributed by atoms with van der Waals surface area (Å²) in [5, 5.41) is 12.6. The Bertz CT molecular complexity index is 327. The molecule has 3 unspecified atom stereocenters. The molecule has 0 aromatic heterocycles. The van der Waals surface area contributed by atoms with Crippen molar-refractivity contribution in [1.29, 1.82) is 0 Å². The number of aliphatic hydroxyl groups is 1. The van der Waals surface area contributed by atoms with Gasteiger partial charge in [-0.1, -0.05) is 13.8 Å². The van der Waals surface area contributed by atoms with Crippen molar-refractivity contribution < 1.29 is 19.4 Å². The van der Waals surface area contributed by atoms with Crippen LogP contribution in [0.3, 0.4) is 0 Å². The highest BCUT2D eigenvalue weighted by Crippen LogP contribution is 2.42. The van der Waals surface area contributed by atoms with Gasteiger partial charge in [0.25, 0.3) is 0 Å². The van der Waals surface area contributed by atoms with Crippen LogP contribution in [-0.2, 0) is 14.3 Å². The molecule has 0 aliphatic carbocycles. The highest BCUT2D eigenvalue weighted by Gasteiger charge is 2.70. The number of carbonyl (C=O) groups excluding carboxylic acids is 2. The molecule has 5 heteroatoms. The maximum Gasteiger partial charge on any atom is 0.338 e. The predicted octanol–water partition coefficient (Wildman–Crippen LogP) is -0.567. The Labute approximate surface area is 87.8 Å². The van der Waals surface area contributed by atoms with Crippen LogP contribution in [0.2, 0.25) is 0 Å². The summed E-state index contributed by atoms with van der Waals surface area (Å²) in [6, 6.07) is 0. The van der Waals surface area contributed by atoms with Gasteiger partial charge in [0.1, 0.15) is 6.10 Å². The summed E-state index contributed by atoms with van der Waals surface area (Å²) in [6.07, 6.45) is -1.41. The van der Waals surface area contributed by atoms with Crippen LogP contribution in [0.15, 0.2) is 0 Å². The highest BCUT2D eigenvalue weighted by atomic mass is 16.6. The number of esters is 1. The fourth-order valence-electron chi connectivity index (χ4n) is 2.33. The van der Waals surface area contributed by atoms with Gasteiger partial charge in [0.05, 0.1) is 12.0 Å². The van der Waals surface area contributed by atoms with E-state index >= 15 is 0 Å². The number of nitrogens with one attached hydrogen (secondary N) is 1. The smallest absolute Gasteiger partial charge is 0.338 e. The Morgan fingerprint density at radius 3 is 2.47 bits per heavy atom. The van der Waals surface area contributed by atoms with Crippen molar-refractivity contribution in [1.82, 2.24) is 5.32 Å². The summed E-state index contributed by atoms with van der Waals surface area (Å²) in [6.45, 7) is 5.30. The van der Waals surface area contributed by atoms with Crippen LogP contribution >= 0.6 is 0 Å². The normalized spacial score (nSPS) is 40.6. The summed E-state index contributed by atoms with van der Waals surface area (Å²) in [4.78, 5) is 22.9. The fraction of sp³-hybridized carbons (Fsp3) is 0.800. The first kappa shape index (κ1) is 10.4. The highest BCUT2D eigenvalue weighted by molar-refractivity contribution is 5.99. The molecule has 2 aliphatic rings. The van der Waals surface area contributed by atoms with E-state index in [1.54, 1.807) is 20.8 Å². The van der Waals surface area contributed by atoms with Gasteiger partial charge < -0.3 is 15.2 Å². The van der Waals surface area contributed by atoms with Gasteiger partial charge in [0, 0.05) is 0 Å². The molecule has 84 valence electrons. The van der Waals surface area contributed by atoms with Crippen molar-refractivity contribution in [3.8, 4) is 0 Å². The minimum Gasteiger partial charge on any atom is -0.456 e. The lowest BCUT2D eigenvalue weighted by atomic mass is 9.76. The Hall–Kier alpha value is -1.10. The maximum atomic E-state index is 11.5. The molecule has 0 radical (unpaired) electrons. The van der Waals surface area contributed by atoms with Gasteiger partial charge in [-0.05, 0) is 12.8 Å². The standard InChI is InChI=1S/C10H15NO4/c1-4(2)6(12)10-7(15-9(10)14)5(3)8(13)11-10/h4-7,12H,1-3H3,(H,11,13)/t5?,6?,7?,10-/m0/s1. The maximum absolute atomic E-state index is 11.5. The molecule has 15 heavy (non-hydrogen) atoms. The second kappa shape index (κ2) is 2.95. The Kier molecular flexibility index (Phi) is 2.05. The van der Waals surface area contributed by atoms with E-state index in [0.717, 1.165) is 0 Å². The Morgan fingerprint density at radius 1 is 1.47 bits per heavy atom. The molecule has 4 atom stereocenters. The topological polar surface area (TPSA) is 75.6 Å². The van der Waals surface area contributed by atoms with Gasteiger partial charge in [-0.3, -0.25) is 4.79 Å². The van der Waals surface area contributed by atoms with Crippen LogP contribution in [0.25, 0.3) is 0 Å². The number of ether oxygens (including phenoxy) is 1. The van der Waals surface area contributed by atoms with Gasteiger partial charge in [-0.15, -0.1) is 0 Å². The average Bonchev–Trinajstić information content (AvgIpc) is 2.37. The van der Waals surface area contributed by atoms with Crippen molar-refractivity contribution >= 4 is 11.9 Å². The van der Waals surface area contributed by atoms with Gasteiger partial charge in [-0.25, -0.2) is 4.79 Å². The van der Waals surface area contributed by atoms with E-state index in [2.05, 4.69) is 5.32 Å². The molecule has 2 fully saturated rings. The molecule has 1 amide bonds. The summed E-state index contributed by atoms with van der Waals surface area (Å²) >= 11 is 0. The second-order valence-corrected chi connectivity index (χ2v) is 4.66. The number of hydrogen-bond donors (Lipinski definition) is 2. The van der Waals surface area contributed by atoms with E-state index in [4.69, 9.17) is 4.74 Å². The van der Waals surface area contributed by atoms with Crippen molar-refractivity contribution in [2.24, 2.45) is 11.8 Å². The van der Waals surface area contributed by atoms with Gasteiger partial charge in [-0.2, -0.15) is 0 Å². The fourth-order valence-corrected chi connectivity index (χ4v) is 2.33. The zero-order valence-electron chi connectivity index (χ0n) is 8.98. The van der Waals surface area contributed by atoms with E-state index in [-0.39, 0.29) is 17.7 Å². The summed E-state index contributed by atoms with van der Waals surface area (Å²) in [7, 11) is 0. The van der Waals surface area contributed by atoms with Crippen LogP contribution < -0.4 is 5.32 Å². The van der Waals surface area contributed by atoms with Crippen LogP contribution in [-0.4, -0.2) is 34.7 Å². The molecule has 2 N–H and O–H groups in total. The average molecular weight is 213 g/mol. The Morgan fingerprint density at radius 2 is 2.07 bits per heavy atom. The van der Waals surface area contributed by atoms with Crippen molar-refractivity contribution in [3.63, 3.8) is 0 Å². The Balaban J connectivity index is 2.33. The van der Waals surface area contributed by atoms with E-state index in [0.29, 0.717) is 0 Å². The molecule has 2 heterocycles. The first-order chi connectivity index (χ1) is 6.91. The number of fused-ring (bicyclic) bond motifs is 1. The minimum atomic E-state index is -1.19. The molecule has 0 bridgehead atoms. The first-order valence-corrected chi connectivity index (χ1v) is 5.12. The van der Waals surface area contributed by atoms with Crippen molar-refractivity contribution in [3.05, 3.63) is 0 Å². The van der Waals surface area contributed by atoms with Crippen LogP contribution in [0, 0.1) is 11.8 Å². The zero-order valence-corrected chi connectivity index (χ0v) is 8.98. The lowest BCUT2D eigenvalue weighted by molar-refractivity contribution is -0.206. The monoisotopic (exact) mass is 213 g/mol. The van der Waals surface area contributed by atoms with Crippen molar-refractivity contribution in [2.45, 2.75) is 38.5 Å². The molecule has 2 saturated heterocycles. The van der Waals surface area contributed by atoms with Gasteiger partial charge >= 0.3 is 5.97 Å². The quantitative estimate of drug-likeness (QED) is 0.602. The van der Waals surface area contributed by atoms with E-state index in [1.807, 2.05) is 0 Å². The molecule has 5 nitrogen and oxygen atoms in total. The van der Waals surface area contributed by atoms with Gasteiger partial charge in [0.15, 0.2) is 0 Å². The number of rotatable bonds is 2. The lowest BCUT2D eigenvalue weighted by Crippen LogP contribution is -2.73. The van der Waals surface area contributed by atoms with Crippen molar-refractivity contribution in [2.75, 3.05) is 0 Å². The lowest BCUT2D eigenvalue weighted by Gasteiger charge is -2.46. The van der Waals surface area contributed by atoms with Crippen LogP contribution in [0.5, 0.6) is 0 Å². The van der Waals surface area contributed by atoms with Gasteiger partial charge in [0.2, 0.25) is 11.4 Å². The van der Waals surface area contributed by atoms with Crippen LogP contribution in [0.1, 0.15) is 20.8 Å². The third-order valence-corrected chi connectivity index (χ3v) is 3.32. The number of amides is 1. The largest absolute Gasteiger partial charge is 0.456 e. The predicted molar refractivity (Wildman–Crippen MR) is 50.8 cm³/mol. The summed E-state index contributed by atoms with van der Waals surface area (Å²) < 4.78 is 4.94. The molecule has 2 rings (SSSR count). The molecule has 0 aromatic rings. The molecular weight excluding hydrogens is 198 g/mol. The minimum absolute atomic E-state index is 0.106. The molecule has 2 aliphatic heterocycles. The number of carbonyl (C=O) groups is 2. The molecular formula is C10H15NO4. The van der Waals surface area contributed by atoms with E-state index < -0.39 is 23.7 Å². The SMILES string of the molecule is CC(C)C(O)[C@]12NC(=O)C(C)C1OC2=O.